The summed E-state index contributed by atoms with van der Waals surface area (Å²) in [6, 6.07) is 0. The van der Waals surface area contributed by atoms with Crippen LogP contribution in [-0.4, -0.2) is 17.1 Å². The van der Waals surface area contributed by atoms with E-state index >= 15 is 0 Å². The molecule has 0 aromatic rings. The van der Waals surface area contributed by atoms with Crippen molar-refractivity contribution in [2.75, 3.05) is 0 Å². The first-order valence-corrected chi connectivity index (χ1v) is 7.88. The van der Waals surface area contributed by atoms with Gasteiger partial charge in [-0.25, -0.2) is 4.89 Å². The summed E-state index contributed by atoms with van der Waals surface area (Å²) in [4.78, 5) is 14.2. The van der Waals surface area contributed by atoms with Crippen LogP contribution in [0.5, 0.6) is 0 Å². The van der Waals surface area contributed by atoms with Gasteiger partial charge >= 0.3 is 5.69 Å². The highest BCUT2D eigenvalue weighted by Crippen LogP contribution is 2.57. The Bertz CT molecular complexity index is 169. The fourth-order valence-electron chi connectivity index (χ4n) is 0.293. The first kappa shape index (κ1) is 13.8. The van der Waals surface area contributed by atoms with Crippen molar-refractivity contribution in [1.82, 2.24) is 0 Å². The SMILES string of the molecule is CC(C)OOP(O)(=S)SOC(C)C. The van der Waals surface area contributed by atoms with Crippen LogP contribution >= 0.6 is 17.4 Å². The van der Waals surface area contributed by atoms with Crippen LogP contribution in [0, 0.1) is 0 Å². The predicted octanol–water partition coefficient (Wildman–Crippen LogP) is 2.63. The molecule has 0 aromatic heterocycles. The van der Waals surface area contributed by atoms with Gasteiger partial charge in [0.2, 0.25) is 0 Å². The highest BCUT2D eigenvalue weighted by atomic mass is 32.9. The summed E-state index contributed by atoms with van der Waals surface area (Å²) in [5.41, 5.74) is -2.99. The van der Waals surface area contributed by atoms with Crippen molar-refractivity contribution in [2.45, 2.75) is 39.9 Å². The molecular weight excluding hydrogens is 231 g/mol. The highest BCUT2D eigenvalue weighted by Gasteiger charge is 2.19. The fraction of sp³-hybridized carbons (Fsp3) is 1.00. The molecule has 0 aliphatic heterocycles. The van der Waals surface area contributed by atoms with E-state index in [0.717, 1.165) is 11.7 Å². The smallest absolute Gasteiger partial charge is 0.302 e. The van der Waals surface area contributed by atoms with E-state index in [9.17, 15) is 4.89 Å². The van der Waals surface area contributed by atoms with Crippen molar-refractivity contribution in [3.63, 3.8) is 0 Å². The Morgan fingerprint density at radius 3 is 2.15 bits per heavy atom. The van der Waals surface area contributed by atoms with Crippen LogP contribution in [0.25, 0.3) is 0 Å². The Kier molecular flexibility index (Phi) is 6.76. The molecule has 80 valence electrons. The summed E-state index contributed by atoms with van der Waals surface area (Å²) >= 11 is 5.50. The molecule has 0 amide bonds. The van der Waals surface area contributed by atoms with Crippen LogP contribution < -0.4 is 0 Å². The topological polar surface area (TPSA) is 47.9 Å². The van der Waals surface area contributed by atoms with Crippen molar-refractivity contribution in [3.05, 3.63) is 0 Å². The van der Waals surface area contributed by atoms with Gasteiger partial charge in [0.15, 0.2) is 0 Å². The summed E-state index contributed by atoms with van der Waals surface area (Å²) in [5, 5.41) is 0. The average Bonchev–Trinajstić information content (AvgIpc) is 1.98. The van der Waals surface area contributed by atoms with Gasteiger partial charge in [-0.15, -0.1) is 0 Å². The number of hydrogen-bond acceptors (Lipinski definition) is 5. The molecule has 0 spiro atoms. The van der Waals surface area contributed by atoms with Crippen LogP contribution in [0.3, 0.4) is 0 Å². The molecule has 4 nitrogen and oxygen atoms in total. The van der Waals surface area contributed by atoms with Gasteiger partial charge < -0.3 is 9.08 Å². The molecular formula is C6H15O4PS2. The highest BCUT2D eigenvalue weighted by molar-refractivity contribution is 8.65. The van der Waals surface area contributed by atoms with Crippen LogP contribution in [0.15, 0.2) is 0 Å². The minimum atomic E-state index is -2.99. The van der Waals surface area contributed by atoms with Gasteiger partial charge in [0.25, 0.3) is 0 Å². The summed E-state index contributed by atoms with van der Waals surface area (Å²) in [7, 11) is 0. The first-order chi connectivity index (χ1) is 5.83. The third-order valence-electron chi connectivity index (χ3n) is 0.659. The third kappa shape index (κ3) is 9.15. The predicted molar refractivity (Wildman–Crippen MR) is 57.6 cm³/mol. The van der Waals surface area contributed by atoms with E-state index in [1.165, 1.54) is 0 Å². The summed E-state index contributed by atoms with van der Waals surface area (Å²) in [6.07, 6.45) is -0.142. The number of rotatable bonds is 6. The van der Waals surface area contributed by atoms with Gasteiger partial charge in [-0.05, 0) is 39.5 Å². The van der Waals surface area contributed by atoms with Crippen molar-refractivity contribution >= 4 is 29.2 Å². The van der Waals surface area contributed by atoms with E-state index in [4.69, 9.17) is 20.9 Å². The second-order valence-electron chi connectivity index (χ2n) is 2.91. The van der Waals surface area contributed by atoms with Crippen molar-refractivity contribution in [2.24, 2.45) is 0 Å². The molecule has 0 saturated carbocycles. The van der Waals surface area contributed by atoms with Crippen LogP contribution in [0.2, 0.25) is 0 Å². The zero-order valence-electron chi connectivity index (χ0n) is 8.09. The molecule has 0 fully saturated rings. The lowest BCUT2D eigenvalue weighted by Gasteiger charge is -2.15. The van der Waals surface area contributed by atoms with E-state index in [1.54, 1.807) is 13.8 Å². The first-order valence-electron chi connectivity index (χ1n) is 3.86. The van der Waals surface area contributed by atoms with Gasteiger partial charge in [0.05, 0.1) is 23.9 Å². The molecule has 7 heteroatoms. The Hall–Kier alpha value is 0.840. The van der Waals surface area contributed by atoms with Crippen LogP contribution in [0.1, 0.15) is 27.7 Å². The standard InChI is InChI=1S/C6H15O4PS2/c1-5(2)8-10-11(7,12)13-9-6(3)4/h5-6H,1-4H3,(H,7,12). The summed E-state index contributed by atoms with van der Waals surface area (Å²) < 4.78 is 9.71. The fourth-order valence-corrected chi connectivity index (χ4v) is 2.32. The van der Waals surface area contributed by atoms with E-state index in [0.29, 0.717) is 0 Å². The Morgan fingerprint density at radius 1 is 1.23 bits per heavy atom. The van der Waals surface area contributed by atoms with E-state index in [1.807, 2.05) is 13.8 Å². The Balaban J connectivity index is 3.74. The normalized spacial score (nSPS) is 16.5. The molecule has 0 radical (unpaired) electrons. The molecule has 0 saturated heterocycles. The van der Waals surface area contributed by atoms with Gasteiger partial charge in [-0.3, -0.25) is 0 Å². The van der Waals surface area contributed by atoms with Crippen molar-refractivity contribution in [3.8, 4) is 0 Å². The van der Waals surface area contributed by atoms with Gasteiger partial charge in [0, 0.05) is 0 Å². The van der Waals surface area contributed by atoms with Crippen molar-refractivity contribution in [1.29, 1.82) is 0 Å². The molecule has 0 aliphatic carbocycles. The third-order valence-corrected chi connectivity index (χ3v) is 3.33. The average molecular weight is 246 g/mol. The largest absolute Gasteiger partial charge is 0.334 e. The zero-order valence-corrected chi connectivity index (χ0v) is 10.6. The minimum absolute atomic E-state index is 0.0119. The Labute approximate surface area is 88.0 Å². The second kappa shape index (κ2) is 6.35. The monoisotopic (exact) mass is 246 g/mol. The van der Waals surface area contributed by atoms with E-state index < -0.39 is 5.69 Å². The van der Waals surface area contributed by atoms with Gasteiger partial charge in [-0.1, -0.05) is 0 Å². The molecule has 1 atom stereocenters. The number of hydrogen-bond donors (Lipinski definition) is 1. The van der Waals surface area contributed by atoms with Gasteiger partial charge in [-0.2, -0.15) is 4.67 Å². The lowest BCUT2D eigenvalue weighted by Crippen LogP contribution is -2.02. The molecule has 0 aromatic carbocycles. The molecule has 13 heavy (non-hydrogen) atoms. The summed E-state index contributed by atoms with van der Waals surface area (Å²) in [6.45, 7) is 7.24. The lowest BCUT2D eigenvalue weighted by atomic mass is 10.5. The molecule has 1 N–H and O–H groups in total. The minimum Gasteiger partial charge on any atom is -0.334 e. The van der Waals surface area contributed by atoms with Crippen molar-refractivity contribution < 1.29 is 18.6 Å². The Morgan fingerprint density at radius 2 is 1.77 bits per heavy atom. The summed E-state index contributed by atoms with van der Waals surface area (Å²) in [5.74, 6) is 0. The van der Waals surface area contributed by atoms with Crippen LogP contribution in [0.4, 0.5) is 0 Å². The molecule has 0 heterocycles. The van der Waals surface area contributed by atoms with E-state index in [-0.39, 0.29) is 12.2 Å². The molecule has 0 rings (SSSR count). The van der Waals surface area contributed by atoms with Crippen LogP contribution in [-0.2, 0) is 25.6 Å². The maximum absolute atomic E-state index is 9.43. The second-order valence-corrected chi connectivity index (χ2v) is 8.45. The van der Waals surface area contributed by atoms with Gasteiger partial charge in [0.1, 0.15) is 0 Å². The van der Waals surface area contributed by atoms with E-state index in [2.05, 4.69) is 4.67 Å². The maximum Gasteiger partial charge on any atom is 0.302 e. The molecule has 0 bridgehead atoms. The quantitative estimate of drug-likeness (QED) is 0.336. The lowest BCUT2D eigenvalue weighted by molar-refractivity contribution is -0.232. The zero-order chi connectivity index (χ0) is 10.5. The molecule has 1 unspecified atom stereocenters. The maximum atomic E-state index is 9.43. The molecule has 0 aliphatic rings.